The highest BCUT2D eigenvalue weighted by atomic mass is 32.2. The Labute approximate surface area is 133 Å². The maximum absolute atomic E-state index is 3.60. The molecule has 1 aromatic rings. The third-order valence-corrected chi connectivity index (χ3v) is 5.94. The van der Waals surface area contributed by atoms with E-state index in [-0.39, 0.29) is 0 Å². The molecule has 2 nitrogen and oxygen atoms in total. The average Bonchev–Trinajstić information content (AvgIpc) is 2.90. The van der Waals surface area contributed by atoms with Crippen molar-refractivity contribution in [1.29, 1.82) is 0 Å². The Morgan fingerprint density at radius 1 is 1.33 bits per heavy atom. The summed E-state index contributed by atoms with van der Waals surface area (Å²) < 4.78 is 0. The number of hydrogen-bond acceptors (Lipinski definition) is 3. The quantitative estimate of drug-likeness (QED) is 0.811. The number of rotatable bonds is 6. The molecule has 0 saturated carbocycles. The van der Waals surface area contributed by atoms with Crippen molar-refractivity contribution in [1.82, 2.24) is 10.2 Å². The molecule has 2 heterocycles. The number of likely N-dealkylation sites (tertiary alicyclic amines) is 1. The smallest absolute Gasteiger partial charge is 0.0263 e. The Balaban J connectivity index is 1.45. The van der Waals surface area contributed by atoms with Crippen LogP contribution in [0.15, 0.2) is 29.2 Å². The molecule has 1 aromatic carbocycles. The molecular weight excluding hydrogens is 276 g/mol. The summed E-state index contributed by atoms with van der Waals surface area (Å²) in [6.45, 7) is 8.49. The van der Waals surface area contributed by atoms with E-state index in [0.717, 1.165) is 11.2 Å². The number of nitrogens with zero attached hydrogens (tertiary/aromatic N) is 1. The molecule has 0 amide bonds. The van der Waals surface area contributed by atoms with Gasteiger partial charge in [-0.25, -0.2) is 0 Å². The minimum Gasteiger partial charge on any atom is -0.316 e. The Bertz CT molecular complexity index is 424. The summed E-state index contributed by atoms with van der Waals surface area (Å²) in [5, 5.41) is 4.37. The highest BCUT2D eigenvalue weighted by Crippen LogP contribution is 2.37. The zero-order valence-corrected chi connectivity index (χ0v) is 14.0. The molecule has 1 N–H and O–H groups in total. The molecule has 2 aliphatic heterocycles. The van der Waals surface area contributed by atoms with Crippen LogP contribution in [-0.4, -0.2) is 42.9 Å². The van der Waals surface area contributed by atoms with Gasteiger partial charge in [-0.3, -0.25) is 0 Å². The van der Waals surface area contributed by atoms with Crippen molar-refractivity contribution in [3.05, 3.63) is 29.8 Å². The van der Waals surface area contributed by atoms with Crippen LogP contribution in [0.3, 0.4) is 0 Å². The van der Waals surface area contributed by atoms with E-state index in [2.05, 4.69) is 53.2 Å². The normalized spacial score (nSPS) is 26.0. The lowest BCUT2D eigenvalue weighted by Gasteiger charge is -2.34. The predicted molar refractivity (Wildman–Crippen MR) is 92.1 cm³/mol. The first-order valence-electron chi connectivity index (χ1n) is 8.52. The second kappa shape index (κ2) is 7.66. The molecule has 3 rings (SSSR count). The standard InChI is InChI=1S/C18H28N2S/c1-2-9-19-12-15-6-5-10-20(13-15)14-17-11-16-7-3-4-8-18(16)21-17/h3-4,7-8,15,17,19H,2,5-6,9-14H2,1H3. The molecule has 0 aliphatic carbocycles. The van der Waals surface area contributed by atoms with Gasteiger partial charge < -0.3 is 10.2 Å². The molecule has 0 bridgehead atoms. The Hall–Kier alpha value is -0.510. The lowest BCUT2D eigenvalue weighted by molar-refractivity contribution is 0.173. The summed E-state index contributed by atoms with van der Waals surface area (Å²) in [6, 6.07) is 8.94. The zero-order valence-electron chi connectivity index (χ0n) is 13.2. The Morgan fingerprint density at radius 3 is 3.10 bits per heavy atom. The van der Waals surface area contributed by atoms with Crippen LogP contribution < -0.4 is 5.32 Å². The second-order valence-corrected chi connectivity index (χ2v) is 7.87. The molecule has 2 unspecified atom stereocenters. The van der Waals surface area contributed by atoms with Crippen LogP contribution in [0.2, 0.25) is 0 Å². The highest BCUT2D eigenvalue weighted by molar-refractivity contribution is 8.00. The monoisotopic (exact) mass is 304 g/mol. The van der Waals surface area contributed by atoms with E-state index >= 15 is 0 Å². The van der Waals surface area contributed by atoms with Crippen molar-refractivity contribution >= 4 is 11.8 Å². The van der Waals surface area contributed by atoms with Gasteiger partial charge in [0, 0.05) is 23.2 Å². The summed E-state index contributed by atoms with van der Waals surface area (Å²) in [6.07, 6.45) is 5.29. The number of thioether (sulfide) groups is 1. The molecular formula is C18H28N2S. The van der Waals surface area contributed by atoms with Gasteiger partial charge in [-0.05, 0) is 62.9 Å². The Morgan fingerprint density at radius 2 is 2.24 bits per heavy atom. The molecule has 0 aromatic heterocycles. The molecule has 2 atom stereocenters. The van der Waals surface area contributed by atoms with Crippen molar-refractivity contribution in [2.24, 2.45) is 5.92 Å². The summed E-state index contributed by atoms with van der Waals surface area (Å²) in [4.78, 5) is 4.23. The van der Waals surface area contributed by atoms with Gasteiger partial charge in [0.25, 0.3) is 0 Å². The van der Waals surface area contributed by atoms with Crippen LogP contribution in [0.4, 0.5) is 0 Å². The van der Waals surface area contributed by atoms with Crippen LogP contribution >= 0.6 is 11.8 Å². The minimum atomic E-state index is 0.768. The first-order chi connectivity index (χ1) is 10.3. The zero-order chi connectivity index (χ0) is 14.5. The number of piperidine rings is 1. The van der Waals surface area contributed by atoms with Crippen molar-refractivity contribution in [2.45, 2.75) is 42.8 Å². The molecule has 1 fully saturated rings. The van der Waals surface area contributed by atoms with Crippen LogP contribution in [0, 0.1) is 5.92 Å². The molecule has 0 radical (unpaired) electrons. The first kappa shape index (κ1) is 15.4. The van der Waals surface area contributed by atoms with Gasteiger partial charge in [0.05, 0.1) is 0 Å². The molecule has 0 spiro atoms. The largest absolute Gasteiger partial charge is 0.316 e. The van der Waals surface area contributed by atoms with Gasteiger partial charge in [-0.2, -0.15) is 0 Å². The van der Waals surface area contributed by atoms with Gasteiger partial charge >= 0.3 is 0 Å². The van der Waals surface area contributed by atoms with Crippen LogP contribution in [-0.2, 0) is 6.42 Å². The van der Waals surface area contributed by atoms with Crippen molar-refractivity contribution < 1.29 is 0 Å². The lowest BCUT2D eigenvalue weighted by atomic mass is 9.97. The molecule has 3 heteroatoms. The average molecular weight is 305 g/mol. The topological polar surface area (TPSA) is 15.3 Å². The highest BCUT2D eigenvalue weighted by Gasteiger charge is 2.26. The third kappa shape index (κ3) is 4.24. The second-order valence-electron chi connectivity index (χ2n) is 6.52. The number of nitrogens with one attached hydrogen (secondary N) is 1. The van der Waals surface area contributed by atoms with Crippen LogP contribution in [0.25, 0.3) is 0 Å². The van der Waals surface area contributed by atoms with E-state index < -0.39 is 0 Å². The summed E-state index contributed by atoms with van der Waals surface area (Å²) in [5.74, 6) is 0.860. The first-order valence-corrected chi connectivity index (χ1v) is 9.40. The van der Waals surface area contributed by atoms with Crippen molar-refractivity contribution in [3.8, 4) is 0 Å². The maximum Gasteiger partial charge on any atom is 0.0263 e. The Kier molecular flexibility index (Phi) is 5.61. The summed E-state index contributed by atoms with van der Waals surface area (Å²) in [7, 11) is 0. The SMILES string of the molecule is CCCNCC1CCCN(CC2Cc3ccccc3S2)C1. The fourth-order valence-corrected chi connectivity index (χ4v) is 4.98. The molecule has 2 aliphatic rings. The van der Waals surface area contributed by atoms with Crippen LogP contribution in [0.1, 0.15) is 31.7 Å². The fraction of sp³-hybridized carbons (Fsp3) is 0.667. The minimum absolute atomic E-state index is 0.768. The summed E-state index contributed by atoms with van der Waals surface area (Å²) >= 11 is 2.10. The van der Waals surface area contributed by atoms with Gasteiger partial charge in [0.15, 0.2) is 0 Å². The van der Waals surface area contributed by atoms with E-state index in [9.17, 15) is 0 Å². The van der Waals surface area contributed by atoms with Crippen molar-refractivity contribution in [2.75, 3.05) is 32.7 Å². The number of benzene rings is 1. The maximum atomic E-state index is 3.60. The van der Waals surface area contributed by atoms with Crippen molar-refractivity contribution in [3.63, 3.8) is 0 Å². The third-order valence-electron chi connectivity index (χ3n) is 4.64. The van der Waals surface area contributed by atoms with Gasteiger partial charge in [-0.15, -0.1) is 11.8 Å². The van der Waals surface area contributed by atoms with E-state index in [1.54, 1.807) is 5.56 Å². The van der Waals surface area contributed by atoms with Gasteiger partial charge in [0.2, 0.25) is 0 Å². The number of fused-ring (bicyclic) bond motifs is 1. The van der Waals surface area contributed by atoms with E-state index in [0.29, 0.717) is 0 Å². The van der Waals surface area contributed by atoms with E-state index in [4.69, 9.17) is 0 Å². The van der Waals surface area contributed by atoms with E-state index in [1.165, 1.54) is 63.3 Å². The van der Waals surface area contributed by atoms with Gasteiger partial charge in [-0.1, -0.05) is 25.1 Å². The van der Waals surface area contributed by atoms with E-state index in [1.807, 2.05) is 0 Å². The van der Waals surface area contributed by atoms with Crippen LogP contribution in [0.5, 0.6) is 0 Å². The molecule has 116 valence electrons. The molecule has 1 saturated heterocycles. The predicted octanol–water partition coefficient (Wildman–Crippen LogP) is 3.42. The molecule has 21 heavy (non-hydrogen) atoms. The lowest BCUT2D eigenvalue weighted by Crippen LogP contribution is -2.42. The number of hydrogen-bond donors (Lipinski definition) is 1. The fourth-order valence-electron chi connectivity index (χ4n) is 3.61. The van der Waals surface area contributed by atoms with Gasteiger partial charge in [0.1, 0.15) is 0 Å². The summed E-state index contributed by atoms with van der Waals surface area (Å²) in [5.41, 5.74) is 1.56.